The fourth-order valence-electron chi connectivity index (χ4n) is 2.42. The van der Waals surface area contributed by atoms with E-state index in [-0.39, 0.29) is 30.2 Å². The number of para-hydroxylation sites is 1. The van der Waals surface area contributed by atoms with Crippen LogP contribution in [0, 0.1) is 23.0 Å². The first-order valence-corrected chi connectivity index (χ1v) is 10.3. The molecule has 0 aliphatic heterocycles. The quantitative estimate of drug-likeness (QED) is 0.562. The summed E-state index contributed by atoms with van der Waals surface area (Å²) in [5.74, 6) is -3.11. The van der Waals surface area contributed by atoms with Crippen LogP contribution in [0.25, 0.3) is 0 Å². The molecule has 7 nitrogen and oxygen atoms in total. The second kappa shape index (κ2) is 12.3. The highest BCUT2D eigenvalue weighted by Crippen LogP contribution is 2.16. The van der Waals surface area contributed by atoms with Crippen LogP contribution in [0.1, 0.15) is 6.42 Å². The van der Waals surface area contributed by atoms with Crippen molar-refractivity contribution in [2.24, 2.45) is 0 Å². The molecule has 1 N–H and O–H groups in total. The molecule has 162 valence electrons. The fourth-order valence-corrected chi connectivity index (χ4v) is 3.03. The average Bonchev–Trinajstić information content (AvgIpc) is 2.75. The van der Waals surface area contributed by atoms with Crippen LogP contribution < -0.4 is 10.2 Å². The number of carbonyl (C=O) groups excluding carboxylic acids is 3. The SMILES string of the molecule is N#CCCN(C(=O)COC(=O)CSCC(=O)Nc1ccccc1F)c1ccc(F)cc1. The zero-order valence-electron chi connectivity index (χ0n) is 16.3. The van der Waals surface area contributed by atoms with Crippen molar-refractivity contribution in [2.75, 3.05) is 34.9 Å². The van der Waals surface area contributed by atoms with Crippen molar-refractivity contribution in [2.45, 2.75) is 6.42 Å². The number of benzene rings is 2. The van der Waals surface area contributed by atoms with Gasteiger partial charge < -0.3 is 15.0 Å². The van der Waals surface area contributed by atoms with E-state index in [9.17, 15) is 23.2 Å². The van der Waals surface area contributed by atoms with Crippen molar-refractivity contribution in [3.63, 3.8) is 0 Å². The van der Waals surface area contributed by atoms with Crippen molar-refractivity contribution < 1.29 is 27.9 Å². The molecule has 0 aliphatic carbocycles. The van der Waals surface area contributed by atoms with Gasteiger partial charge in [-0.1, -0.05) is 12.1 Å². The van der Waals surface area contributed by atoms with Crippen molar-refractivity contribution in [1.82, 2.24) is 0 Å². The first kappa shape index (κ1) is 23.8. The lowest BCUT2D eigenvalue weighted by Crippen LogP contribution is -2.35. The van der Waals surface area contributed by atoms with Crippen molar-refractivity contribution in [3.05, 3.63) is 60.2 Å². The van der Waals surface area contributed by atoms with Gasteiger partial charge in [0.25, 0.3) is 5.91 Å². The molecular formula is C21H19F2N3O4S. The molecule has 0 saturated carbocycles. The number of hydrogen-bond acceptors (Lipinski definition) is 6. The molecule has 2 amide bonds. The maximum Gasteiger partial charge on any atom is 0.316 e. The summed E-state index contributed by atoms with van der Waals surface area (Å²) in [6, 6.07) is 12.7. The Morgan fingerprint density at radius 1 is 1.06 bits per heavy atom. The van der Waals surface area contributed by atoms with E-state index in [1.165, 1.54) is 47.4 Å². The highest BCUT2D eigenvalue weighted by atomic mass is 32.2. The summed E-state index contributed by atoms with van der Waals surface area (Å²) >= 11 is 0.948. The van der Waals surface area contributed by atoms with Gasteiger partial charge in [0.1, 0.15) is 11.6 Å². The number of halogens is 2. The number of hydrogen-bond donors (Lipinski definition) is 1. The Labute approximate surface area is 182 Å². The minimum absolute atomic E-state index is 0.0412. The van der Waals surface area contributed by atoms with Gasteiger partial charge >= 0.3 is 5.97 Å². The van der Waals surface area contributed by atoms with Gasteiger partial charge in [0.2, 0.25) is 5.91 Å². The molecule has 31 heavy (non-hydrogen) atoms. The molecule has 0 saturated heterocycles. The molecule has 2 rings (SSSR count). The monoisotopic (exact) mass is 447 g/mol. The second-order valence-electron chi connectivity index (χ2n) is 6.11. The lowest BCUT2D eigenvalue weighted by atomic mass is 10.2. The van der Waals surface area contributed by atoms with Gasteiger partial charge in [-0.15, -0.1) is 11.8 Å². The van der Waals surface area contributed by atoms with E-state index in [0.29, 0.717) is 5.69 Å². The van der Waals surface area contributed by atoms with Gasteiger partial charge in [-0.25, -0.2) is 8.78 Å². The number of amides is 2. The average molecular weight is 447 g/mol. The van der Waals surface area contributed by atoms with E-state index < -0.39 is 36.0 Å². The van der Waals surface area contributed by atoms with Crippen LogP contribution >= 0.6 is 11.8 Å². The number of nitrogens with one attached hydrogen (secondary N) is 1. The number of rotatable bonds is 10. The highest BCUT2D eigenvalue weighted by molar-refractivity contribution is 8.00. The Morgan fingerprint density at radius 2 is 1.77 bits per heavy atom. The summed E-state index contributed by atoms with van der Waals surface area (Å²) in [6.45, 7) is -0.507. The molecule has 0 radical (unpaired) electrons. The van der Waals surface area contributed by atoms with E-state index in [1.54, 1.807) is 6.07 Å². The maximum absolute atomic E-state index is 13.5. The number of nitrogens with zero attached hydrogens (tertiary/aromatic N) is 2. The molecule has 0 aromatic heterocycles. The lowest BCUT2D eigenvalue weighted by Gasteiger charge is -2.21. The molecule has 0 spiro atoms. The van der Waals surface area contributed by atoms with Crippen LogP contribution in [0.4, 0.5) is 20.2 Å². The summed E-state index contributed by atoms with van der Waals surface area (Å²) in [5, 5.41) is 11.2. The van der Waals surface area contributed by atoms with Crippen LogP contribution in [-0.2, 0) is 19.1 Å². The Hall–Kier alpha value is -3.45. The van der Waals surface area contributed by atoms with Gasteiger partial charge in [-0.05, 0) is 36.4 Å². The molecule has 10 heteroatoms. The summed E-state index contributed by atoms with van der Waals surface area (Å²) in [7, 11) is 0. The summed E-state index contributed by atoms with van der Waals surface area (Å²) in [6.07, 6.45) is 0.0457. The molecule has 0 heterocycles. The van der Waals surface area contributed by atoms with Gasteiger partial charge in [0.05, 0.1) is 29.7 Å². The normalized spacial score (nSPS) is 10.1. The topological polar surface area (TPSA) is 99.5 Å². The third-order valence-electron chi connectivity index (χ3n) is 3.84. The van der Waals surface area contributed by atoms with E-state index in [4.69, 9.17) is 10.00 Å². The predicted molar refractivity (Wildman–Crippen MR) is 112 cm³/mol. The van der Waals surface area contributed by atoms with Crippen LogP contribution in [0.2, 0.25) is 0 Å². The second-order valence-corrected chi connectivity index (χ2v) is 7.10. The third-order valence-corrected chi connectivity index (χ3v) is 4.75. The van der Waals surface area contributed by atoms with E-state index >= 15 is 0 Å². The zero-order chi connectivity index (χ0) is 22.6. The number of ether oxygens (including phenoxy) is 1. The third kappa shape index (κ3) is 8.06. The molecule has 0 unspecified atom stereocenters. The van der Waals surface area contributed by atoms with Gasteiger partial charge in [0.15, 0.2) is 6.61 Å². The smallest absolute Gasteiger partial charge is 0.316 e. The molecule has 0 bridgehead atoms. The minimum Gasteiger partial charge on any atom is -0.455 e. The standard InChI is InChI=1S/C21H19F2N3O4S/c22-15-6-8-16(9-7-15)26(11-3-10-24)20(28)12-30-21(29)14-31-13-19(27)25-18-5-2-1-4-17(18)23/h1-2,4-9H,3,11-14H2,(H,25,27). The van der Waals surface area contributed by atoms with Crippen molar-refractivity contribution in [1.29, 1.82) is 5.26 Å². The fraction of sp³-hybridized carbons (Fsp3) is 0.238. The highest BCUT2D eigenvalue weighted by Gasteiger charge is 2.18. The predicted octanol–water partition coefficient (Wildman–Crippen LogP) is 3.13. The van der Waals surface area contributed by atoms with Crippen LogP contribution in [0.3, 0.4) is 0 Å². The molecular weight excluding hydrogens is 428 g/mol. The Kier molecular flexibility index (Phi) is 9.45. The van der Waals surface area contributed by atoms with Gasteiger partial charge in [-0.2, -0.15) is 5.26 Å². The van der Waals surface area contributed by atoms with E-state index in [2.05, 4.69) is 5.32 Å². The molecule has 0 atom stereocenters. The number of nitriles is 1. The Balaban J connectivity index is 1.77. The molecule has 0 fully saturated rings. The van der Waals surface area contributed by atoms with Crippen molar-refractivity contribution in [3.8, 4) is 6.07 Å². The van der Waals surface area contributed by atoms with Gasteiger partial charge in [0, 0.05) is 12.2 Å². The molecule has 2 aromatic carbocycles. The largest absolute Gasteiger partial charge is 0.455 e. The summed E-state index contributed by atoms with van der Waals surface area (Å²) in [5.41, 5.74) is 0.413. The van der Waals surface area contributed by atoms with E-state index in [1.807, 2.05) is 6.07 Å². The summed E-state index contributed by atoms with van der Waals surface area (Å²) in [4.78, 5) is 37.3. The maximum atomic E-state index is 13.5. The summed E-state index contributed by atoms with van der Waals surface area (Å²) < 4.78 is 31.5. The van der Waals surface area contributed by atoms with E-state index in [0.717, 1.165) is 11.8 Å². The number of carbonyl (C=O) groups is 3. The Morgan fingerprint density at radius 3 is 2.45 bits per heavy atom. The Bertz CT molecular complexity index is 964. The first-order valence-electron chi connectivity index (χ1n) is 9.11. The molecule has 0 aliphatic rings. The van der Waals surface area contributed by atoms with Crippen LogP contribution in [0.5, 0.6) is 0 Å². The zero-order valence-corrected chi connectivity index (χ0v) is 17.2. The molecule has 2 aromatic rings. The van der Waals surface area contributed by atoms with Crippen LogP contribution in [-0.4, -0.2) is 42.4 Å². The van der Waals surface area contributed by atoms with Crippen LogP contribution in [0.15, 0.2) is 48.5 Å². The van der Waals surface area contributed by atoms with Gasteiger partial charge in [-0.3, -0.25) is 14.4 Å². The number of esters is 1. The number of thioether (sulfide) groups is 1. The minimum atomic E-state index is -0.712. The lowest BCUT2D eigenvalue weighted by molar-refractivity contribution is -0.145. The van der Waals surface area contributed by atoms with Crippen molar-refractivity contribution >= 4 is 40.9 Å². The number of anilines is 2. The first-order chi connectivity index (χ1) is 14.9.